The van der Waals surface area contributed by atoms with Gasteiger partial charge >= 0.3 is 5.97 Å². The van der Waals surface area contributed by atoms with E-state index in [0.29, 0.717) is 11.4 Å². The largest absolute Gasteiger partial charge is 0.481 e. The number of rotatable bonds is 4. The maximum Gasteiger partial charge on any atom is 0.303 e. The highest BCUT2D eigenvalue weighted by atomic mass is 16.4. The molecule has 0 aliphatic rings. The lowest BCUT2D eigenvalue weighted by Crippen LogP contribution is -2.15. The van der Waals surface area contributed by atoms with E-state index in [0.717, 1.165) is 5.56 Å². The van der Waals surface area contributed by atoms with Crippen molar-refractivity contribution in [2.24, 2.45) is 0 Å². The van der Waals surface area contributed by atoms with Crippen LogP contribution in [0.15, 0.2) is 41.3 Å². The Hall–Kier alpha value is -2.43. The zero-order valence-corrected chi connectivity index (χ0v) is 9.59. The van der Waals surface area contributed by atoms with Crippen molar-refractivity contribution in [2.75, 3.05) is 0 Å². The van der Waals surface area contributed by atoms with Gasteiger partial charge < -0.3 is 10.1 Å². The van der Waals surface area contributed by atoms with Gasteiger partial charge in [0, 0.05) is 23.7 Å². The van der Waals surface area contributed by atoms with Crippen molar-refractivity contribution in [1.29, 1.82) is 0 Å². The van der Waals surface area contributed by atoms with Crippen molar-refractivity contribution >= 4 is 5.97 Å². The minimum atomic E-state index is -0.929. The molecule has 1 heterocycles. The Morgan fingerprint density at radius 1 is 1.28 bits per heavy atom. The summed E-state index contributed by atoms with van der Waals surface area (Å²) in [5.41, 5.74) is 0.918. The molecule has 1 aromatic heterocycles. The normalized spacial score (nSPS) is 10.2. The minimum absolute atomic E-state index is 0.0740. The maximum absolute atomic E-state index is 11.7. The molecule has 2 aromatic rings. The first-order valence-electron chi connectivity index (χ1n) is 5.52. The van der Waals surface area contributed by atoms with Crippen LogP contribution in [0.4, 0.5) is 0 Å². The van der Waals surface area contributed by atoms with E-state index >= 15 is 0 Å². The van der Waals surface area contributed by atoms with Crippen LogP contribution in [0.1, 0.15) is 12.0 Å². The molecule has 2 N–H and O–H groups in total. The third-order valence-electron chi connectivity index (χ3n) is 2.53. The summed E-state index contributed by atoms with van der Waals surface area (Å²) in [5, 5.41) is 8.57. The summed E-state index contributed by atoms with van der Waals surface area (Å²) in [7, 11) is 0. The molecule has 5 nitrogen and oxygen atoms in total. The number of carboxylic acids is 1. The average Bonchev–Trinajstić information content (AvgIpc) is 2.38. The van der Waals surface area contributed by atoms with Crippen molar-refractivity contribution in [3.8, 4) is 11.4 Å². The summed E-state index contributed by atoms with van der Waals surface area (Å²) < 4.78 is 0. The molecule has 0 spiro atoms. The van der Waals surface area contributed by atoms with Crippen LogP contribution < -0.4 is 5.56 Å². The van der Waals surface area contributed by atoms with E-state index < -0.39 is 5.97 Å². The van der Waals surface area contributed by atoms with Crippen LogP contribution in [0.3, 0.4) is 0 Å². The molecule has 92 valence electrons. The molecule has 0 bridgehead atoms. The topological polar surface area (TPSA) is 83.0 Å². The van der Waals surface area contributed by atoms with Gasteiger partial charge in [0.1, 0.15) is 5.82 Å². The molecule has 0 aliphatic carbocycles. The number of carboxylic acid groups (broad SMARTS) is 1. The average molecular weight is 244 g/mol. The zero-order chi connectivity index (χ0) is 13.0. The number of hydrogen-bond acceptors (Lipinski definition) is 3. The second-order valence-corrected chi connectivity index (χ2v) is 3.85. The summed E-state index contributed by atoms with van der Waals surface area (Å²) in [6.07, 6.45) is 1.55. The van der Waals surface area contributed by atoms with Crippen LogP contribution >= 0.6 is 0 Å². The molecule has 0 radical (unpaired) electrons. The Kier molecular flexibility index (Phi) is 3.52. The lowest BCUT2D eigenvalue weighted by molar-refractivity contribution is -0.136. The monoisotopic (exact) mass is 244 g/mol. The van der Waals surface area contributed by atoms with Crippen molar-refractivity contribution in [1.82, 2.24) is 9.97 Å². The van der Waals surface area contributed by atoms with Gasteiger partial charge in [0.2, 0.25) is 0 Å². The highest BCUT2D eigenvalue weighted by Gasteiger charge is 2.06. The number of aromatic amines is 1. The van der Waals surface area contributed by atoms with E-state index in [4.69, 9.17) is 5.11 Å². The number of H-pyrrole nitrogens is 1. The van der Waals surface area contributed by atoms with Crippen LogP contribution in [0, 0.1) is 0 Å². The molecule has 0 fully saturated rings. The molecule has 0 saturated carbocycles. The Bertz CT molecular complexity index is 605. The number of carbonyl (C=O) groups is 1. The number of hydrogen-bond donors (Lipinski definition) is 2. The molecule has 1 aromatic carbocycles. The van der Waals surface area contributed by atoms with Crippen molar-refractivity contribution in [3.05, 3.63) is 52.4 Å². The van der Waals surface area contributed by atoms with Crippen molar-refractivity contribution < 1.29 is 9.90 Å². The maximum atomic E-state index is 11.7. The highest BCUT2D eigenvalue weighted by Crippen LogP contribution is 2.11. The lowest BCUT2D eigenvalue weighted by Gasteiger charge is -2.02. The van der Waals surface area contributed by atoms with Crippen LogP contribution in [0.25, 0.3) is 11.4 Å². The van der Waals surface area contributed by atoms with Gasteiger partial charge in [-0.15, -0.1) is 0 Å². The SMILES string of the molecule is O=C(O)CCc1cnc(-c2ccccc2)[nH]c1=O. The van der Waals surface area contributed by atoms with E-state index in [1.54, 1.807) is 0 Å². The number of benzene rings is 1. The smallest absolute Gasteiger partial charge is 0.303 e. The first-order valence-corrected chi connectivity index (χ1v) is 5.52. The Labute approximate surface area is 103 Å². The highest BCUT2D eigenvalue weighted by molar-refractivity contribution is 5.67. The van der Waals surface area contributed by atoms with Gasteiger partial charge in [-0.05, 0) is 6.42 Å². The summed E-state index contributed by atoms with van der Waals surface area (Å²) in [4.78, 5) is 29.0. The van der Waals surface area contributed by atoms with Crippen molar-refractivity contribution in [3.63, 3.8) is 0 Å². The van der Waals surface area contributed by atoms with Gasteiger partial charge in [-0.3, -0.25) is 9.59 Å². The summed E-state index contributed by atoms with van der Waals surface area (Å²) in [5.74, 6) is -0.443. The molecular weight excluding hydrogens is 232 g/mol. The summed E-state index contributed by atoms with van der Waals surface area (Å²) >= 11 is 0. The molecule has 0 saturated heterocycles. The Morgan fingerprint density at radius 2 is 2.00 bits per heavy atom. The number of aromatic nitrogens is 2. The molecule has 18 heavy (non-hydrogen) atoms. The molecular formula is C13H12N2O3. The zero-order valence-electron chi connectivity index (χ0n) is 9.59. The summed E-state index contributed by atoms with van der Waals surface area (Å²) in [6.45, 7) is 0. The van der Waals surface area contributed by atoms with Crippen LogP contribution in [0.2, 0.25) is 0 Å². The first-order chi connectivity index (χ1) is 8.66. The van der Waals surface area contributed by atoms with Gasteiger partial charge in [0.25, 0.3) is 5.56 Å². The van der Waals surface area contributed by atoms with Crippen LogP contribution in [-0.4, -0.2) is 21.0 Å². The fourth-order valence-electron chi connectivity index (χ4n) is 1.58. The van der Waals surface area contributed by atoms with Gasteiger partial charge in [-0.2, -0.15) is 0 Å². The molecule has 0 atom stereocenters. The number of aryl methyl sites for hydroxylation is 1. The molecule has 0 aliphatic heterocycles. The van der Waals surface area contributed by atoms with E-state index in [2.05, 4.69) is 9.97 Å². The quantitative estimate of drug-likeness (QED) is 0.852. The molecule has 5 heteroatoms. The lowest BCUT2D eigenvalue weighted by atomic mass is 10.1. The number of aliphatic carboxylic acids is 1. The number of nitrogens with zero attached hydrogens (tertiary/aromatic N) is 1. The molecule has 2 rings (SSSR count). The van der Waals surface area contributed by atoms with Gasteiger partial charge in [-0.1, -0.05) is 30.3 Å². The Morgan fingerprint density at radius 3 is 2.61 bits per heavy atom. The van der Waals surface area contributed by atoms with Crippen LogP contribution in [-0.2, 0) is 11.2 Å². The van der Waals surface area contributed by atoms with Gasteiger partial charge in [-0.25, -0.2) is 4.98 Å². The fraction of sp³-hybridized carbons (Fsp3) is 0.154. The van der Waals surface area contributed by atoms with E-state index in [1.807, 2.05) is 30.3 Å². The van der Waals surface area contributed by atoms with E-state index in [-0.39, 0.29) is 18.4 Å². The van der Waals surface area contributed by atoms with E-state index in [1.165, 1.54) is 6.20 Å². The van der Waals surface area contributed by atoms with Gasteiger partial charge in [0.15, 0.2) is 0 Å². The third kappa shape index (κ3) is 2.82. The first kappa shape index (κ1) is 12.0. The third-order valence-corrected chi connectivity index (χ3v) is 2.53. The molecule has 0 amide bonds. The predicted octanol–water partition coefficient (Wildman–Crippen LogP) is 1.45. The second-order valence-electron chi connectivity index (χ2n) is 3.85. The predicted molar refractivity (Wildman–Crippen MR) is 66.3 cm³/mol. The summed E-state index contributed by atoms with van der Waals surface area (Å²) in [6, 6.07) is 9.27. The van der Waals surface area contributed by atoms with Crippen LogP contribution in [0.5, 0.6) is 0 Å². The van der Waals surface area contributed by atoms with Crippen molar-refractivity contribution in [2.45, 2.75) is 12.8 Å². The van der Waals surface area contributed by atoms with Gasteiger partial charge in [0.05, 0.1) is 0 Å². The molecule has 0 unspecified atom stereocenters. The number of nitrogens with one attached hydrogen (secondary N) is 1. The fourth-order valence-corrected chi connectivity index (χ4v) is 1.58. The Balaban J connectivity index is 2.25. The second kappa shape index (κ2) is 5.27. The standard InChI is InChI=1S/C13H12N2O3/c16-11(17)7-6-10-8-14-12(15-13(10)18)9-4-2-1-3-5-9/h1-5,8H,6-7H2,(H,16,17)(H,14,15,18). The van der Waals surface area contributed by atoms with E-state index in [9.17, 15) is 9.59 Å². The minimum Gasteiger partial charge on any atom is -0.481 e.